The number of ketones is 1. The quantitative estimate of drug-likeness (QED) is 0.350. The summed E-state index contributed by atoms with van der Waals surface area (Å²) in [5.41, 5.74) is 2.85. The van der Waals surface area contributed by atoms with E-state index in [1.165, 1.54) is 0 Å². The Morgan fingerprint density at radius 1 is 0.833 bits per heavy atom. The molecule has 0 bridgehead atoms. The predicted octanol–water partition coefficient (Wildman–Crippen LogP) is 2.14. The molecule has 0 radical (unpaired) electrons. The lowest BCUT2D eigenvalue weighted by Gasteiger charge is -2.10. The van der Waals surface area contributed by atoms with Crippen molar-refractivity contribution in [2.45, 2.75) is 73.6 Å². The average molecular weight is 348 g/mol. The van der Waals surface area contributed by atoms with Crippen molar-refractivity contribution in [2.24, 2.45) is 5.92 Å². The second-order valence-corrected chi connectivity index (χ2v) is 6.93. The normalized spacial score (nSPS) is 11.3. The minimum Gasteiger partial charge on any atom is -0.377 e. The first kappa shape index (κ1) is 25.7. The van der Waals surface area contributed by atoms with Gasteiger partial charge >= 0.3 is 0 Å². The van der Waals surface area contributed by atoms with Crippen LogP contribution >= 0.6 is 0 Å². The SMILES string of the molecule is CC(C)NCC(=O)C(C)C.CC(C)NCCONCCOC(C)C. The number of hydroxylamine groups is 1. The summed E-state index contributed by atoms with van der Waals surface area (Å²) in [6.07, 6.45) is 0.291. The molecule has 0 aliphatic heterocycles. The fraction of sp³-hybridized carbons (Fsp3) is 0.944. The number of rotatable bonds is 13. The van der Waals surface area contributed by atoms with Crippen LogP contribution in [0.2, 0.25) is 0 Å². The molecule has 0 atom stereocenters. The third-order valence-corrected chi connectivity index (χ3v) is 2.84. The van der Waals surface area contributed by atoms with Gasteiger partial charge in [-0.1, -0.05) is 41.5 Å². The Morgan fingerprint density at radius 2 is 1.42 bits per heavy atom. The minimum absolute atomic E-state index is 0.159. The highest BCUT2D eigenvalue weighted by atomic mass is 16.6. The van der Waals surface area contributed by atoms with Gasteiger partial charge in [-0.2, -0.15) is 0 Å². The first-order valence-electron chi connectivity index (χ1n) is 9.12. The molecule has 3 N–H and O–H groups in total. The van der Waals surface area contributed by atoms with Gasteiger partial charge in [0.25, 0.3) is 0 Å². The maximum absolute atomic E-state index is 11.0. The highest BCUT2D eigenvalue weighted by Crippen LogP contribution is 1.92. The van der Waals surface area contributed by atoms with Crippen LogP contribution in [-0.4, -0.2) is 56.8 Å². The Bertz CT molecular complexity index is 269. The summed E-state index contributed by atoms with van der Waals surface area (Å²) < 4.78 is 5.33. The average Bonchev–Trinajstić information content (AvgIpc) is 2.47. The zero-order chi connectivity index (χ0) is 19.0. The van der Waals surface area contributed by atoms with Crippen LogP contribution < -0.4 is 16.1 Å². The van der Waals surface area contributed by atoms with Crippen molar-refractivity contribution in [3.05, 3.63) is 0 Å². The van der Waals surface area contributed by atoms with E-state index in [-0.39, 0.29) is 11.7 Å². The molecule has 0 unspecified atom stereocenters. The van der Waals surface area contributed by atoms with E-state index in [2.05, 4.69) is 30.0 Å². The van der Waals surface area contributed by atoms with Gasteiger partial charge in [0.1, 0.15) is 5.78 Å². The number of hydrogen-bond acceptors (Lipinski definition) is 6. The second-order valence-electron chi connectivity index (χ2n) is 6.93. The fourth-order valence-electron chi connectivity index (χ4n) is 1.39. The van der Waals surface area contributed by atoms with Crippen LogP contribution in [0.25, 0.3) is 0 Å². The van der Waals surface area contributed by atoms with Gasteiger partial charge in [0.2, 0.25) is 0 Å². The highest BCUT2D eigenvalue weighted by molar-refractivity contribution is 5.82. The molecule has 0 saturated heterocycles. The van der Waals surface area contributed by atoms with E-state index < -0.39 is 0 Å². The maximum Gasteiger partial charge on any atom is 0.149 e. The van der Waals surface area contributed by atoms with Crippen LogP contribution in [0.1, 0.15) is 55.4 Å². The Hall–Kier alpha value is -0.530. The summed E-state index contributed by atoms with van der Waals surface area (Å²) in [4.78, 5) is 16.2. The fourth-order valence-corrected chi connectivity index (χ4v) is 1.39. The second kappa shape index (κ2) is 17.3. The zero-order valence-corrected chi connectivity index (χ0v) is 17.1. The lowest BCUT2D eigenvalue weighted by atomic mass is 10.1. The monoisotopic (exact) mass is 347 g/mol. The molecule has 146 valence electrons. The standard InChI is InChI=1S/C10H24N2O2.C8H17NO/c1-9(2)11-5-8-14-12-6-7-13-10(3)4;1-6(2)8(10)5-9-7(3)4/h9-12H,5-8H2,1-4H3;6-7,9H,5H2,1-4H3. The molecule has 0 fully saturated rings. The van der Waals surface area contributed by atoms with Crippen molar-refractivity contribution in [3.63, 3.8) is 0 Å². The van der Waals surface area contributed by atoms with Crippen LogP contribution in [0.3, 0.4) is 0 Å². The molecular weight excluding hydrogens is 306 g/mol. The van der Waals surface area contributed by atoms with E-state index in [4.69, 9.17) is 9.57 Å². The summed E-state index contributed by atoms with van der Waals surface area (Å²) in [5, 5.41) is 6.34. The van der Waals surface area contributed by atoms with Crippen molar-refractivity contribution in [3.8, 4) is 0 Å². The van der Waals surface area contributed by atoms with Crippen LogP contribution in [0.15, 0.2) is 0 Å². The Balaban J connectivity index is 0. The topological polar surface area (TPSA) is 71.6 Å². The van der Waals surface area contributed by atoms with E-state index in [0.29, 0.717) is 37.9 Å². The molecule has 0 heterocycles. The third-order valence-electron chi connectivity index (χ3n) is 2.84. The molecule has 0 saturated carbocycles. The molecule has 6 heteroatoms. The summed E-state index contributed by atoms with van der Waals surface area (Å²) in [6, 6.07) is 0.922. The summed E-state index contributed by atoms with van der Waals surface area (Å²) in [7, 11) is 0. The van der Waals surface area contributed by atoms with Gasteiger partial charge in [0.15, 0.2) is 0 Å². The van der Waals surface area contributed by atoms with E-state index in [9.17, 15) is 4.79 Å². The van der Waals surface area contributed by atoms with E-state index in [1.54, 1.807) is 0 Å². The summed E-state index contributed by atoms with van der Waals surface area (Å²) in [5.74, 6) is 0.444. The lowest BCUT2D eigenvalue weighted by Crippen LogP contribution is -2.31. The number of nitrogens with one attached hydrogen (secondary N) is 3. The van der Waals surface area contributed by atoms with Gasteiger partial charge in [-0.05, 0) is 13.8 Å². The van der Waals surface area contributed by atoms with Crippen LogP contribution in [-0.2, 0) is 14.4 Å². The first-order chi connectivity index (χ1) is 11.2. The Kier molecular flexibility index (Phi) is 18.5. The molecule has 0 aromatic rings. The van der Waals surface area contributed by atoms with Gasteiger partial charge < -0.3 is 20.2 Å². The van der Waals surface area contributed by atoms with E-state index >= 15 is 0 Å². The van der Waals surface area contributed by atoms with Crippen molar-refractivity contribution < 1.29 is 14.4 Å². The van der Waals surface area contributed by atoms with Gasteiger partial charge in [-0.15, -0.1) is 0 Å². The molecule has 0 amide bonds. The number of carbonyl (C=O) groups is 1. The minimum atomic E-state index is 0.159. The van der Waals surface area contributed by atoms with Crippen LogP contribution in [0, 0.1) is 5.92 Å². The molecule has 0 rings (SSSR count). The molecule has 0 aliphatic rings. The summed E-state index contributed by atoms with van der Waals surface area (Å²) >= 11 is 0. The third kappa shape index (κ3) is 23.7. The molecule has 0 aromatic carbocycles. The van der Waals surface area contributed by atoms with E-state index in [1.807, 2.05) is 41.5 Å². The van der Waals surface area contributed by atoms with Gasteiger partial charge in [-0.3, -0.25) is 4.79 Å². The lowest BCUT2D eigenvalue weighted by molar-refractivity contribution is -0.121. The van der Waals surface area contributed by atoms with Crippen LogP contribution in [0.5, 0.6) is 0 Å². The maximum atomic E-state index is 11.0. The molecule has 6 nitrogen and oxygen atoms in total. The molecule has 0 aliphatic carbocycles. The Morgan fingerprint density at radius 3 is 1.88 bits per heavy atom. The first-order valence-corrected chi connectivity index (χ1v) is 9.12. The van der Waals surface area contributed by atoms with Crippen molar-refractivity contribution in [1.82, 2.24) is 16.1 Å². The van der Waals surface area contributed by atoms with Gasteiger partial charge in [0.05, 0.1) is 25.9 Å². The highest BCUT2D eigenvalue weighted by Gasteiger charge is 2.06. The molecular formula is C18H41N3O3. The molecule has 0 spiro atoms. The van der Waals surface area contributed by atoms with Gasteiger partial charge in [-0.25, -0.2) is 5.48 Å². The zero-order valence-electron chi connectivity index (χ0n) is 17.1. The largest absolute Gasteiger partial charge is 0.377 e. The molecule has 24 heavy (non-hydrogen) atoms. The van der Waals surface area contributed by atoms with Crippen LogP contribution in [0.4, 0.5) is 0 Å². The molecule has 0 aromatic heterocycles. The number of hydrogen-bond donors (Lipinski definition) is 3. The Labute approximate surface area is 149 Å². The number of ether oxygens (including phenoxy) is 1. The smallest absolute Gasteiger partial charge is 0.149 e. The van der Waals surface area contributed by atoms with Gasteiger partial charge in [0, 0.05) is 31.1 Å². The van der Waals surface area contributed by atoms with Crippen molar-refractivity contribution in [2.75, 3.05) is 32.8 Å². The van der Waals surface area contributed by atoms with E-state index in [0.717, 1.165) is 13.1 Å². The predicted molar refractivity (Wildman–Crippen MR) is 101 cm³/mol. The summed E-state index contributed by atoms with van der Waals surface area (Å²) in [6.45, 7) is 19.7. The number of Topliss-reactive ketones (excluding diaryl/α,β-unsaturated/α-hetero) is 1. The van der Waals surface area contributed by atoms with Crippen molar-refractivity contribution >= 4 is 5.78 Å². The van der Waals surface area contributed by atoms with Crippen molar-refractivity contribution in [1.29, 1.82) is 0 Å². The number of carbonyl (C=O) groups excluding carboxylic acids is 1.